The van der Waals surface area contributed by atoms with Crippen molar-refractivity contribution in [2.75, 3.05) is 13.2 Å². The molecule has 0 saturated heterocycles. The predicted molar refractivity (Wildman–Crippen MR) is 125 cm³/mol. The third kappa shape index (κ3) is 3.69. The van der Waals surface area contributed by atoms with Gasteiger partial charge in [0.2, 0.25) is 0 Å². The molecule has 6 heteroatoms. The summed E-state index contributed by atoms with van der Waals surface area (Å²) in [5, 5.41) is 27.6. The summed E-state index contributed by atoms with van der Waals surface area (Å²) in [6, 6.07) is 11.7. The maximum absolute atomic E-state index is 13.3. The smallest absolute Gasteiger partial charge is 0.273 e. The second-order valence-electron chi connectivity index (χ2n) is 9.69. The molecule has 6 nitrogen and oxygen atoms in total. The lowest BCUT2D eigenvalue weighted by Gasteiger charge is -2.27. The maximum Gasteiger partial charge on any atom is 0.273 e. The number of phenols is 1. The van der Waals surface area contributed by atoms with Gasteiger partial charge in [0.05, 0.1) is 6.04 Å². The van der Waals surface area contributed by atoms with E-state index in [1.165, 1.54) is 5.56 Å². The largest absolute Gasteiger partial charge is 0.507 e. The van der Waals surface area contributed by atoms with Crippen molar-refractivity contribution >= 4 is 5.91 Å². The van der Waals surface area contributed by atoms with Crippen molar-refractivity contribution in [1.29, 1.82) is 0 Å². The Hall–Kier alpha value is -3.12. The lowest BCUT2D eigenvalue weighted by Crippen LogP contribution is -2.31. The molecule has 0 radical (unpaired) electrons. The number of aromatic nitrogens is 2. The molecule has 3 N–H and O–H groups in total. The fourth-order valence-corrected chi connectivity index (χ4v) is 4.62. The summed E-state index contributed by atoms with van der Waals surface area (Å²) in [7, 11) is 0. The van der Waals surface area contributed by atoms with Gasteiger partial charge in [0, 0.05) is 24.3 Å². The van der Waals surface area contributed by atoms with Gasteiger partial charge in [-0.3, -0.25) is 9.89 Å². The number of H-pyrrole nitrogens is 1. The Morgan fingerprint density at radius 3 is 2.41 bits per heavy atom. The minimum atomic E-state index is -0.341. The summed E-state index contributed by atoms with van der Waals surface area (Å²) < 4.78 is 0. The van der Waals surface area contributed by atoms with Gasteiger partial charge in [-0.25, -0.2) is 0 Å². The van der Waals surface area contributed by atoms with Crippen LogP contribution >= 0.6 is 0 Å². The molecular weight excluding hydrogens is 402 g/mol. The molecule has 1 aromatic heterocycles. The van der Waals surface area contributed by atoms with Gasteiger partial charge in [-0.2, -0.15) is 5.10 Å². The molecule has 1 aliphatic heterocycles. The number of phenolic OH excluding ortho intramolecular Hbond substituents is 1. The first-order valence-corrected chi connectivity index (χ1v) is 11.0. The molecule has 0 aliphatic carbocycles. The number of aliphatic hydroxyl groups excluding tert-OH is 1. The van der Waals surface area contributed by atoms with Crippen LogP contribution in [0.1, 0.15) is 71.5 Å². The van der Waals surface area contributed by atoms with Gasteiger partial charge >= 0.3 is 0 Å². The van der Waals surface area contributed by atoms with Crippen LogP contribution in [0.5, 0.6) is 5.75 Å². The zero-order valence-corrected chi connectivity index (χ0v) is 19.4. The van der Waals surface area contributed by atoms with Crippen molar-refractivity contribution in [3.63, 3.8) is 0 Å². The number of aliphatic hydroxyl groups is 1. The summed E-state index contributed by atoms with van der Waals surface area (Å²) in [4.78, 5) is 15.1. The number of aromatic amines is 1. The predicted octanol–water partition coefficient (Wildman–Crippen LogP) is 4.62. The van der Waals surface area contributed by atoms with E-state index < -0.39 is 0 Å². The molecule has 0 spiro atoms. The van der Waals surface area contributed by atoms with Crippen LogP contribution in [-0.2, 0) is 5.41 Å². The van der Waals surface area contributed by atoms with Crippen molar-refractivity contribution in [3.8, 4) is 17.0 Å². The molecule has 2 aromatic carbocycles. The monoisotopic (exact) mass is 433 g/mol. The Balaban J connectivity index is 1.88. The van der Waals surface area contributed by atoms with E-state index in [-0.39, 0.29) is 29.7 Å². The molecule has 0 bridgehead atoms. The number of amides is 1. The number of hydrogen-bond donors (Lipinski definition) is 3. The van der Waals surface area contributed by atoms with Crippen LogP contribution in [-0.4, -0.2) is 44.4 Å². The van der Waals surface area contributed by atoms with Gasteiger partial charge in [-0.1, -0.05) is 51.1 Å². The van der Waals surface area contributed by atoms with E-state index >= 15 is 0 Å². The number of fused-ring (bicyclic) bond motifs is 1. The summed E-state index contributed by atoms with van der Waals surface area (Å²) in [6.07, 6.45) is 0.490. The minimum Gasteiger partial charge on any atom is -0.507 e. The zero-order chi connectivity index (χ0) is 23.2. The number of carbonyl (C=O) groups excluding carboxylic acids is 1. The highest BCUT2D eigenvalue weighted by Crippen LogP contribution is 2.45. The van der Waals surface area contributed by atoms with Crippen molar-refractivity contribution in [2.45, 2.75) is 52.5 Å². The molecule has 0 fully saturated rings. The van der Waals surface area contributed by atoms with Gasteiger partial charge in [0.15, 0.2) is 0 Å². The zero-order valence-electron chi connectivity index (χ0n) is 19.4. The fraction of sp³-hybridized carbons (Fsp3) is 0.385. The Kier molecular flexibility index (Phi) is 5.59. The number of hydrogen-bond acceptors (Lipinski definition) is 4. The van der Waals surface area contributed by atoms with Crippen molar-refractivity contribution in [2.24, 2.45) is 0 Å². The molecule has 32 heavy (non-hydrogen) atoms. The molecule has 0 saturated carbocycles. The third-order valence-electron chi connectivity index (χ3n) is 6.21. The number of nitrogens with zero attached hydrogens (tertiary/aromatic N) is 2. The number of rotatable bonds is 5. The standard InChI is InChI=1S/C26H31N3O3/c1-15-13-16(2)20(19(31)14-15)22-21-23(28-27-22)25(32)29(11-6-12-30)24(21)17-7-9-18(10-8-17)26(3,4)5/h7-10,13-14,24,30-31H,6,11-12H2,1-5H3,(H,27,28). The Morgan fingerprint density at radius 2 is 1.81 bits per heavy atom. The Labute approximate surface area is 188 Å². The number of nitrogens with one attached hydrogen (secondary N) is 1. The van der Waals surface area contributed by atoms with Crippen LogP contribution in [0.3, 0.4) is 0 Å². The van der Waals surface area contributed by atoms with Gasteiger partial charge in [0.1, 0.15) is 17.1 Å². The average Bonchev–Trinajstić information content (AvgIpc) is 3.24. The van der Waals surface area contributed by atoms with Crippen LogP contribution in [0.4, 0.5) is 0 Å². The van der Waals surface area contributed by atoms with Crippen molar-refractivity contribution in [1.82, 2.24) is 15.1 Å². The van der Waals surface area contributed by atoms with Gasteiger partial charge in [0.25, 0.3) is 5.91 Å². The van der Waals surface area contributed by atoms with Crippen LogP contribution in [0, 0.1) is 13.8 Å². The summed E-state index contributed by atoms with van der Waals surface area (Å²) in [5.41, 5.74) is 6.55. The highest BCUT2D eigenvalue weighted by Gasteiger charge is 2.42. The molecule has 3 aromatic rings. The Bertz CT molecular complexity index is 1130. The first kappa shape index (κ1) is 22.1. The minimum absolute atomic E-state index is 0.0103. The molecule has 4 rings (SSSR count). The molecule has 1 amide bonds. The first-order valence-electron chi connectivity index (χ1n) is 11.0. The SMILES string of the molecule is Cc1cc(C)c(-c2n[nH]c3c2C(c2ccc(C(C)(C)C)cc2)N(CCCO)C3=O)c(O)c1. The van der Waals surface area contributed by atoms with E-state index in [9.17, 15) is 15.0 Å². The molecule has 2 heterocycles. The quantitative estimate of drug-likeness (QED) is 0.548. The highest BCUT2D eigenvalue weighted by molar-refractivity contribution is 6.00. The molecule has 1 unspecified atom stereocenters. The van der Waals surface area contributed by atoms with Crippen molar-refractivity contribution < 1.29 is 15.0 Å². The topological polar surface area (TPSA) is 89.5 Å². The first-order chi connectivity index (χ1) is 15.1. The number of benzene rings is 2. The second kappa shape index (κ2) is 8.10. The lowest BCUT2D eigenvalue weighted by molar-refractivity contribution is 0.0732. The fourth-order valence-electron chi connectivity index (χ4n) is 4.62. The second-order valence-corrected chi connectivity index (χ2v) is 9.69. The average molecular weight is 434 g/mol. The molecule has 1 atom stereocenters. The summed E-state index contributed by atoms with van der Waals surface area (Å²) in [6.45, 7) is 10.8. The molecular formula is C26H31N3O3. The number of aromatic hydroxyl groups is 1. The van der Waals surface area contributed by atoms with E-state index in [0.29, 0.717) is 29.9 Å². The van der Waals surface area contributed by atoms with Crippen LogP contribution in [0.25, 0.3) is 11.3 Å². The number of carbonyl (C=O) groups is 1. The van der Waals surface area contributed by atoms with E-state index in [1.807, 2.05) is 19.9 Å². The summed E-state index contributed by atoms with van der Waals surface area (Å²) >= 11 is 0. The Morgan fingerprint density at radius 1 is 1.12 bits per heavy atom. The summed E-state index contributed by atoms with van der Waals surface area (Å²) in [5.74, 6) is 0.0150. The van der Waals surface area contributed by atoms with Gasteiger partial charge < -0.3 is 15.1 Å². The molecule has 1 aliphatic rings. The number of aryl methyl sites for hydroxylation is 2. The van der Waals surface area contributed by atoms with Crippen LogP contribution in [0.15, 0.2) is 36.4 Å². The molecule has 168 valence electrons. The maximum atomic E-state index is 13.3. The van der Waals surface area contributed by atoms with Gasteiger partial charge in [-0.05, 0) is 54.0 Å². The van der Waals surface area contributed by atoms with E-state index in [4.69, 9.17) is 0 Å². The van der Waals surface area contributed by atoms with Crippen LogP contribution < -0.4 is 0 Å². The van der Waals surface area contributed by atoms with Crippen molar-refractivity contribution in [3.05, 3.63) is 69.9 Å². The van der Waals surface area contributed by atoms with E-state index in [1.54, 1.807) is 11.0 Å². The van der Waals surface area contributed by atoms with E-state index in [0.717, 1.165) is 22.3 Å². The lowest BCUT2D eigenvalue weighted by atomic mass is 9.85. The van der Waals surface area contributed by atoms with E-state index in [2.05, 4.69) is 55.2 Å². The highest BCUT2D eigenvalue weighted by atomic mass is 16.3. The normalized spacial score (nSPS) is 16.0. The van der Waals surface area contributed by atoms with Gasteiger partial charge in [-0.15, -0.1) is 0 Å². The van der Waals surface area contributed by atoms with Crippen LogP contribution in [0.2, 0.25) is 0 Å². The third-order valence-corrected chi connectivity index (χ3v) is 6.21.